The van der Waals surface area contributed by atoms with Gasteiger partial charge in [-0.25, -0.2) is 4.39 Å². The van der Waals surface area contributed by atoms with Crippen molar-refractivity contribution in [1.29, 1.82) is 5.26 Å². The van der Waals surface area contributed by atoms with E-state index in [4.69, 9.17) is 9.47 Å². The van der Waals surface area contributed by atoms with Gasteiger partial charge >= 0.3 is 0 Å². The van der Waals surface area contributed by atoms with Crippen LogP contribution in [0.1, 0.15) is 40.4 Å². The zero-order valence-electron chi connectivity index (χ0n) is 18.5. The number of rotatable bonds is 8. The Morgan fingerprint density at radius 2 is 1.88 bits per heavy atom. The standard InChI is InChI=1S/C25H23FN2O5/c1-4-20(33-21-8-6-5-7-19(21)26)23(29)22-15(2)18(13-27)24(30)28(25(22)31)14-16-9-11-17(32-3)12-10-16/h5-12,20,31H,4,14H2,1-3H3. The van der Waals surface area contributed by atoms with Gasteiger partial charge in [0.05, 0.1) is 19.2 Å². The van der Waals surface area contributed by atoms with E-state index in [9.17, 15) is 24.3 Å². The maximum absolute atomic E-state index is 14.1. The van der Waals surface area contributed by atoms with Crippen molar-refractivity contribution in [2.75, 3.05) is 7.11 Å². The molecule has 1 aromatic heterocycles. The number of aromatic hydroxyl groups is 1. The van der Waals surface area contributed by atoms with Crippen molar-refractivity contribution in [3.05, 3.63) is 87.0 Å². The summed E-state index contributed by atoms with van der Waals surface area (Å²) >= 11 is 0. The molecule has 0 saturated heterocycles. The molecule has 170 valence electrons. The molecular weight excluding hydrogens is 427 g/mol. The van der Waals surface area contributed by atoms with Gasteiger partial charge in [-0.15, -0.1) is 0 Å². The Morgan fingerprint density at radius 3 is 2.45 bits per heavy atom. The van der Waals surface area contributed by atoms with Crippen LogP contribution >= 0.6 is 0 Å². The van der Waals surface area contributed by atoms with Crippen molar-refractivity contribution in [3.8, 4) is 23.4 Å². The average Bonchev–Trinajstić information content (AvgIpc) is 2.82. The van der Waals surface area contributed by atoms with Crippen molar-refractivity contribution in [3.63, 3.8) is 0 Å². The van der Waals surface area contributed by atoms with E-state index in [1.54, 1.807) is 37.3 Å². The first-order chi connectivity index (χ1) is 15.8. The maximum atomic E-state index is 14.1. The lowest BCUT2D eigenvalue weighted by atomic mass is 9.97. The molecule has 1 atom stereocenters. The monoisotopic (exact) mass is 450 g/mol. The number of benzene rings is 2. The lowest BCUT2D eigenvalue weighted by Gasteiger charge is -2.20. The SMILES string of the molecule is CCC(Oc1ccccc1F)C(=O)c1c(C)c(C#N)c(=O)n(Cc2ccc(OC)cc2)c1O. The molecule has 0 aliphatic carbocycles. The Hall–Kier alpha value is -4.12. The first kappa shape index (κ1) is 23.5. The minimum atomic E-state index is -1.13. The summed E-state index contributed by atoms with van der Waals surface area (Å²) in [5.74, 6) is -1.36. The third-order valence-electron chi connectivity index (χ3n) is 5.32. The summed E-state index contributed by atoms with van der Waals surface area (Å²) in [6, 6.07) is 14.3. The van der Waals surface area contributed by atoms with Crippen LogP contribution in [-0.2, 0) is 6.54 Å². The highest BCUT2D eigenvalue weighted by atomic mass is 19.1. The summed E-state index contributed by atoms with van der Waals surface area (Å²) in [6.07, 6.45) is -0.962. The number of ether oxygens (including phenoxy) is 2. The van der Waals surface area contributed by atoms with Crippen LogP contribution in [0.2, 0.25) is 0 Å². The van der Waals surface area contributed by atoms with Gasteiger partial charge in [0.2, 0.25) is 11.7 Å². The molecule has 7 nitrogen and oxygen atoms in total. The fourth-order valence-corrected chi connectivity index (χ4v) is 3.48. The lowest BCUT2D eigenvalue weighted by Crippen LogP contribution is -2.32. The van der Waals surface area contributed by atoms with Crippen molar-refractivity contribution >= 4 is 5.78 Å². The number of carbonyl (C=O) groups is 1. The first-order valence-corrected chi connectivity index (χ1v) is 10.3. The number of nitrogens with zero attached hydrogens (tertiary/aromatic N) is 2. The highest BCUT2D eigenvalue weighted by molar-refractivity contribution is 6.03. The zero-order chi connectivity index (χ0) is 24.1. The van der Waals surface area contributed by atoms with E-state index in [-0.39, 0.29) is 35.4 Å². The van der Waals surface area contributed by atoms with Crippen LogP contribution < -0.4 is 15.0 Å². The van der Waals surface area contributed by atoms with Gasteiger partial charge in [-0.05, 0) is 48.7 Å². The van der Waals surface area contributed by atoms with Crippen LogP contribution in [0.4, 0.5) is 4.39 Å². The molecule has 0 fully saturated rings. The van der Waals surface area contributed by atoms with E-state index < -0.39 is 29.1 Å². The molecule has 1 N–H and O–H groups in total. The minimum Gasteiger partial charge on any atom is -0.497 e. The molecule has 0 aliphatic rings. The highest BCUT2D eigenvalue weighted by Crippen LogP contribution is 2.27. The Morgan fingerprint density at radius 1 is 1.21 bits per heavy atom. The van der Waals surface area contributed by atoms with Gasteiger partial charge in [0.25, 0.3) is 5.56 Å². The van der Waals surface area contributed by atoms with Crippen molar-refractivity contribution in [2.45, 2.75) is 32.9 Å². The number of Topliss-reactive ketones (excluding diaryl/α,β-unsaturated/α-hetero) is 1. The number of hydrogen-bond acceptors (Lipinski definition) is 6. The van der Waals surface area contributed by atoms with Crippen molar-refractivity contribution < 1.29 is 23.8 Å². The van der Waals surface area contributed by atoms with E-state index in [0.717, 1.165) is 4.57 Å². The molecule has 8 heteroatoms. The van der Waals surface area contributed by atoms with E-state index in [1.807, 2.05) is 6.07 Å². The van der Waals surface area contributed by atoms with Gasteiger partial charge < -0.3 is 14.6 Å². The molecular formula is C25H23FN2O5. The van der Waals surface area contributed by atoms with Crippen LogP contribution in [0.15, 0.2) is 53.3 Å². The van der Waals surface area contributed by atoms with Crippen LogP contribution in [0.3, 0.4) is 0 Å². The fraction of sp³-hybridized carbons (Fsp3) is 0.240. The number of halogens is 1. The molecule has 0 spiro atoms. The van der Waals surface area contributed by atoms with Gasteiger partial charge in [-0.2, -0.15) is 5.26 Å². The fourth-order valence-electron chi connectivity index (χ4n) is 3.48. The summed E-state index contributed by atoms with van der Waals surface area (Å²) in [6.45, 7) is 3.02. The molecule has 33 heavy (non-hydrogen) atoms. The molecule has 0 saturated carbocycles. The smallest absolute Gasteiger partial charge is 0.271 e. The number of nitriles is 1. The van der Waals surface area contributed by atoms with Crippen LogP contribution in [0.5, 0.6) is 17.4 Å². The average molecular weight is 450 g/mol. The Balaban J connectivity index is 2.07. The number of aromatic nitrogens is 1. The van der Waals surface area contributed by atoms with Crippen molar-refractivity contribution in [1.82, 2.24) is 4.57 Å². The third-order valence-corrected chi connectivity index (χ3v) is 5.32. The number of ketones is 1. The minimum absolute atomic E-state index is 0.0477. The second-order valence-corrected chi connectivity index (χ2v) is 7.36. The highest BCUT2D eigenvalue weighted by Gasteiger charge is 2.30. The molecule has 1 heterocycles. The van der Waals surface area contributed by atoms with Gasteiger partial charge in [0.15, 0.2) is 17.7 Å². The number of methoxy groups -OCH3 is 1. The predicted octanol–water partition coefficient (Wildman–Crippen LogP) is 3.97. The van der Waals surface area contributed by atoms with Crippen LogP contribution in [-0.4, -0.2) is 28.7 Å². The van der Waals surface area contributed by atoms with E-state index in [1.165, 1.54) is 32.2 Å². The number of pyridine rings is 1. The summed E-state index contributed by atoms with van der Waals surface area (Å²) < 4.78 is 25.7. The first-order valence-electron chi connectivity index (χ1n) is 10.3. The van der Waals surface area contributed by atoms with E-state index in [2.05, 4.69) is 0 Å². The normalized spacial score (nSPS) is 11.5. The van der Waals surface area contributed by atoms with Crippen LogP contribution in [0.25, 0.3) is 0 Å². The predicted molar refractivity (Wildman–Crippen MR) is 119 cm³/mol. The maximum Gasteiger partial charge on any atom is 0.271 e. The molecule has 0 bridgehead atoms. The molecule has 0 amide bonds. The lowest BCUT2D eigenvalue weighted by molar-refractivity contribution is 0.0774. The van der Waals surface area contributed by atoms with Gasteiger partial charge in [0, 0.05) is 0 Å². The van der Waals surface area contributed by atoms with E-state index >= 15 is 0 Å². The molecule has 3 rings (SSSR count). The van der Waals surface area contributed by atoms with Gasteiger partial charge in [0.1, 0.15) is 17.4 Å². The van der Waals surface area contributed by atoms with E-state index in [0.29, 0.717) is 11.3 Å². The number of hydrogen-bond donors (Lipinski definition) is 1. The molecule has 0 radical (unpaired) electrons. The summed E-state index contributed by atoms with van der Waals surface area (Å²) in [5.41, 5.74) is -0.489. The molecule has 2 aromatic carbocycles. The topological polar surface area (TPSA) is 102 Å². The summed E-state index contributed by atoms with van der Waals surface area (Å²) in [5, 5.41) is 20.5. The second-order valence-electron chi connectivity index (χ2n) is 7.36. The zero-order valence-corrected chi connectivity index (χ0v) is 18.5. The quantitative estimate of drug-likeness (QED) is 0.521. The van der Waals surface area contributed by atoms with Crippen LogP contribution in [0, 0.1) is 24.1 Å². The number of para-hydroxylation sites is 1. The Bertz CT molecular complexity index is 1280. The van der Waals surface area contributed by atoms with Gasteiger partial charge in [-0.3, -0.25) is 14.2 Å². The Kier molecular flexibility index (Phi) is 7.13. The van der Waals surface area contributed by atoms with Crippen molar-refractivity contribution in [2.24, 2.45) is 0 Å². The molecule has 3 aromatic rings. The summed E-state index contributed by atoms with van der Waals surface area (Å²) in [7, 11) is 1.52. The second kappa shape index (κ2) is 10.0. The van der Waals surface area contributed by atoms with Gasteiger partial charge in [-0.1, -0.05) is 31.2 Å². The molecule has 1 unspecified atom stereocenters. The number of carbonyl (C=O) groups excluding carboxylic acids is 1. The largest absolute Gasteiger partial charge is 0.497 e. The molecule has 0 aliphatic heterocycles. The third kappa shape index (κ3) is 4.72. The Labute approximate surface area is 190 Å². The summed E-state index contributed by atoms with van der Waals surface area (Å²) in [4.78, 5) is 26.2.